The Morgan fingerprint density at radius 2 is 1.88 bits per heavy atom. The fourth-order valence-corrected chi connectivity index (χ4v) is 6.02. The molecule has 0 radical (unpaired) electrons. The monoisotopic (exact) mass is 438 g/mol. The van der Waals surface area contributed by atoms with Gasteiger partial charge in [-0.1, -0.05) is 49.4 Å². The summed E-state index contributed by atoms with van der Waals surface area (Å²) in [6.45, 7) is 3.97. The number of hydrogen-bond donors (Lipinski definition) is 2. The summed E-state index contributed by atoms with van der Waals surface area (Å²) in [7, 11) is 0. The van der Waals surface area contributed by atoms with Gasteiger partial charge in [-0.3, -0.25) is 4.79 Å². The lowest BCUT2D eigenvalue weighted by Crippen LogP contribution is -2.38. The fraction of sp³-hybridized carbons (Fsp3) is 0.345. The first-order valence-electron chi connectivity index (χ1n) is 12.2. The predicted molar refractivity (Wildman–Crippen MR) is 133 cm³/mol. The molecule has 3 aromatic carbocycles. The number of hydrogen-bond acceptors (Lipinski definition) is 3. The van der Waals surface area contributed by atoms with Gasteiger partial charge in [0.2, 0.25) is 0 Å². The third kappa shape index (κ3) is 3.40. The first kappa shape index (κ1) is 20.3. The van der Waals surface area contributed by atoms with Gasteiger partial charge in [0, 0.05) is 35.8 Å². The number of nitrogens with zero attached hydrogens (tertiary/aromatic N) is 1. The van der Waals surface area contributed by atoms with E-state index in [1.165, 1.54) is 5.56 Å². The van der Waals surface area contributed by atoms with E-state index < -0.39 is 0 Å². The number of aromatic hydroxyl groups is 1. The smallest absolute Gasteiger partial charge is 0.253 e. The number of carbonyl (C=O) groups excluding carboxylic acids is 1. The average Bonchev–Trinajstić information content (AvgIpc) is 3.34. The minimum atomic E-state index is 0.00809. The zero-order valence-electron chi connectivity index (χ0n) is 19.0. The van der Waals surface area contributed by atoms with Crippen LogP contribution in [0.25, 0.3) is 10.8 Å². The van der Waals surface area contributed by atoms with Gasteiger partial charge in [0.15, 0.2) is 0 Å². The van der Waals surface area contributed by atoms with E-state index in [1.54, 1.807) is 0 Å². The quantitative estimate of drug-likeness (QED) is 0.465. The number of nitrogens with one attached hydrogen (secondary N) is 1. The SMILES string of the molecule is CC1CCN(C(=O)c2ccc3c(c2)C2C=CCC2C(c2c(O)ccc4ccccc24)N3)CC1. The molecule has 3 aromatic rings. The zero-order valence-corrected chi connectivity index (χ0v) is 19.0. The lowest BCUT2D eigenvalue weighted by Gasteiger charge is -2.38. The molecule has 4 heteroatoms. The van der Waals surface area contributed by atoms with Crippen molar-refractivity contribution in [1.29, 1.82) is 0 Å². The fourth-order valence-electron chi connectivity index (χ4n) is 6.02. The first-order chi connectivity index (χ1) is 16.1. The van der Waals surface area contributed by atoms with Crippen molar-refractivity contribution < 1.29 is 9.90 Å². The minimum absolute atomic E-state index is 0.00809. The first-order valence-corrected chi connectivity index (χ1v) is 12.2. The van der Waals surface area contributed by atoms with Crippen LogP contribution in [-0.2, 0) is 0 Å². The van der Waals surface area contributed by atoms with Crippen LogP contribution in [0.5, 0.6) is 5.75 Å². The maximum absolute atomic E-state index is 13.2. The third-order valence-corrected chi connectivity index (χ3v) is 7.94. The van der Waals surface area contributed by atoms with Gasteiger partial charge >= 0.3 is 0 Å². The summed E-state index contributed by atoms with van der Waals surface area (Å²) in [5.41, 5.74) is 4.01. The Bertz CT molecular complexity index is 1260. The average molecular weight is 439 g/mol. The van der Waals surface area contributed by atoms with Gasteiger partial charge < -0.3 is 15.3 Å². The van der Waals surface area contributed by atoms with Crippen LogP contribution in [0.3, 0.4) is 0 Å². The van der Waals surface area contributed by atoms with Crippen LogP contribution in [0, 0.1) is 11.8 Å². The molecular formula is C29H30N2O2. The van der Waals surface area contributed by atoms with Crippen molar-refractivity contribution in [3.63, 3.8) is 0 Å². The van der Waals surface area contributed by atoms with E-state index in [1.807, 2.05) is 35.2 Å². The van der Waals surface area contributed by atoms with Gasteiger partial charge in [-0.05, 0) is 71.7 Å². The number of allylic oxidation sites excluding steroid dienone is 2. The van der Waals surface area contributed by atoms with Gasteiger partial charge in [0.1, 0.15) is 5.75 Å². The minimum Gasteiger partial charge on any atom is -0.508 e. The number of phenolic OH excluding ortho intramolecular Hbond substituents is 1. The van der Waals surface area contributed by atoms with Crippen molar-refractivity contribution in [2.75, 3.05) is 18.4 Å². The highest BCUT2D eigenvalue weighted by Crippen LogP contribution is 2.52. The van der Waals surface area contributed by atoms with Crippen molar-refractivity contribution >= 4 is 22.4 Å². The van der Waals surface area contributed by atoms with Crippen LogP contribution < -0.4 is 5.32 Å². The second kappa shape index (κ2) is 7.95. The van der Waals surface area contributed by atoms with E-state index in [2.05, 4.69) is 48.7 Å². The molecule has 3 aliphatic rings. The van der Waals surface area contributed by atoms with Crippen LogP contribution in [0.2, 0.25) is 0 Å². The maximum atomic E-state index is 13.2. The number of phenols is 1. The lowest BCUT2D eigenvalue weighted by atomic mass is 9.75. The maximum Gasteiger partial charge on any atom is 0.253 e. The number of rotatable bonds is 2. The summed E-state index contributed by atoms with van der Waals surface area (Å²) in [5, 5.41) is 16.9. The van der Waals surface area contributed by atoms with Crippen molar-refractivity contribution in [1.82, 2.24) is 4.90 Å². The van der Waals surface area contributed by atoms with Crippen LogP contribution in [0.4, 0.5) is 5.69 Å². The Labute approximate surface area is 194 Å². The molecule has 0 spiro atoms. The Hall–Kier alpha value is -3.27. The Balaban J connectivity index is 1.37. The highest BCUT2D eigenvalue weighted by Gasteiger charge is 2.40. The van der Waals surface area contributed by atoms with Gasteiger partial charge in [0.05, 0.1) is 6.04 Å². The molecule has 168 valence electrons. The molecular weight excluding hydrogens is 408 g/mol. The highest BCUT2D eigenvalue weighted by molar-refractivity contribution is 5.95. The van der Waals surface area contributed by atoms with Gasteiger partial charge in [-0.25, -0.2) is 0 Å². The number of anilines is 1. The normalized spacial score (nSPS) is 24.4. The van der Waals surface area contributed by atoms with E-state index in [4.69, 9.17) is 0 Å². The summed E-state index contributed by atoms with van der Waals surface area (Å²) in [6.07, 6.45) is 7.66. The molecule has 1 amide bonds. The molecule has 33 heavy (non-hydrogen) atoms. The summed E-state index contributed by atoms with van der Waals surface area (Å²) in [6, 6.07) is 18.2. The second-order valence-corrected chi connectivity index (χ2v) is 9.97. The van der Waals surface area contributed by atoms with E-state index in [0.717, 1.165) is 59.9 Å². The molecule has 2 N–H and O–H groups in total. The van der Waals surface area contributed by atoms with Gasteiger partial charge in [-0.2, -0.15) is 0 Å². The Morgan fingerprint density at radius 3 is 2.73 bits per heavy atom. The highest BCUT2D eigenvalue weighted by atomic mass is 16.3. The van der Waals surface area contributed by atoms with Crippen molar-refractivity contribution in [2.24, 2.45) is 11.8 Å². The van der Waals surface area contributed by atoms with Crippen LogP contribution in [-0.4, -0.2) is 29.0 Å². The number of piperidine rings is 1. The zero-order chi connectivity index (χ0) is 22.5. The van der Waals surface area contributed by atoms with Crippen LogP contribution >= 0.6 is 0 Å². The Kier molecular flexibility index (Phi) is 4.90. The summed E-state index contributed by atoms with van der Waals surface area (Å²) < 4.78 is 0. The molecule has 2 heterocycles. The molecule has 3 unspecified atom stereocenters. The molecule has 6 rings (SSSR count). The molecule has 0 aromatic heterocycles. The number of fused-ring (bicyclic) bond motifs is 4. The lowest BCUT2D eigenvalue weighted by molar-refractivity contribution is 0.0697. The van der Waals surface area contributed by atoms with Crippen molar-refractivity contribution in [2.45, 2.75) is 38.1 Å². The van der Waals surface area contributed by atoms with Gasteiger partial charge in [-0.15, -0.1) is 0 Å². The van der Waals surface area contributed by atoms with Crippen molar-refractivity contribution in [3.05, 3.63) is 83.4 Å². The molecule has 4 nitrogen and oxygen atoms in total. The van der Waals surface area contributed by atoms with Gasteiger partial charge in [0.25, 0.3) is 5.91 Å². The molecule has 0 bridgehead atoms. The Morgan fingerprint density at radius 1 is 1.06 bits per heavy atom. The summed E-state index contributed by atoms with van der Waals surface area (Å²) in [5.74, 6) is 1.73. The standard InChI is InChI=1S/C29H30N2O2/c1-18-13-15-31(16-14-18)29(33)20-9-11-25-24(17-20)22-7-4-8-23(22)28(30-25)27-21-6-3-2-5-19(21)10-12-26(27)32/h2-7,9-12,17-18,22-23,28,30,32H,8,13-16H2,1H3. The number of likely N-dealkylation sites (tertiary alicyclic amines) is 1. The molecule has 1 saturated heterocycles. The topological polar surface area (TPSA) is 52.6 Å². The molecule has 1 aliphatic carbocycles. The summed E-state index contributed by atoms with van der Waals surface area (Å²) >= 11 is 0. The number of benzene rings is 3. The van der Waals surface area contributed by atoms with Crippen molar-refractivity contribution in [3.8, 4) is 5.75 Å². The molecule has 2 aliphatic heterocycles. The largest absolute Gasteiger partial charge is 0.508 e. The summed E-state index contributed by atoms with van der Waals surface area (Å²) in [4.78, 5) is 15.2. The van der Waals surface area contributed by atoms with E-state index >= 15 is 0 Å². The predicted octanol–water partition coefficient (Wildman–Crippen LogP) is 6.24. The number of carbonyl (C=O) groups is 1. The van der Waals surface area contributed by atoms with Crippen LogP contribution in [0.1, 0.15) is 59.6 Å². The van der Waals surface area contributed by atoms with E-state index in [9.17, 15) is 9.90 Å². The van der Waals surface area contributed by atoms with Crippen LogP contribution in [0.15, 0.2) is 66.7 Å². The molecule has 3 atom stereocenters. The molecule has 0 saturated carbocycles. The second-order valence-electron chi connectivity index (χ2n) is 9.97. The van der Waals surface area contributed by atoms with E-state index in [0.29, 0.717) is 17.6 Å². The van der Waals surface area contributed by atoms with E-state index in [-0.39, 0.29) is 17.9 Å². The third-order valence-electron chi connectivity index (χ3n) is 7.94. The molecule has 1 fully saturated rings. The number of amides is 1.